The molecule has 0 aliphatic heterocycles. The predicted octanol–water partition coefficient (Wildman–Crippen LogP) is 0.220. The van der Waals surface area contributed by atoms with Crippen LogP contribution < -0.4 is 10.6 Å². The molecule has 1 aromatic heterocycles. The molecule has 1 aliphatic carbocycles. The topological polar surface area (TPSA) is 159 Å². The summed E-state index contributed by atoms with van der Waals surface area (Å²) in [6.45, 7) is 7.37. The van der Waals surface area contributed by atoms with Gasteiger partial charge in [0.1, 0.15) is 0 Å². The maximum Gasteiger partial charge on any atom is 0.331 e. The van der Waals surface area contributed by atoms with Gasteiger partial charge in [-0.05, 0) is 25.3 Å². The Bertz CT molecular complexity index is 818. The first-order valence-corrected chi connectivity index (χ1v) is 11.3. The highest BCUT2D eigenvalue weighted by Gasteiger charge is 2.37. The van der Waals surface area contributed by atoms with Crippen LogP contribution in [-0.4, -0.2) is 79.7 Å². The molecule has 1 amide bonds. The second-order valence-corrected chi connectivity index (χ2v) is 8.99. The highest BCUT2D eigenvalue weighted by Crippen LogP contribution is 2.25. The van der Waals surface area contributed by atoms with Crippen LogP contribution in [0, 0.1) is 5.41 Å². The van der Waals surface area contributed by atoms with Crippen molar-refractivity contribution in [2.45, 2.75) is 84.3 Å². The molecule has 0 unspecified atom stereocenters. The number of nitrogens with zero attached hydrogens (tertiary/aromatic N) is 3. The zero-order valence-corrected chi connectivity index (χ0v) is 19.8. The van der Waals surface area contributed by atoms with Crippen molar-refractivity contribution in [1.82, 2.24) is 25.6 Å². The molecule has 11 heteroatoms. The standard InChI is InChI=1S/C22H37N5O6/c1-5-17(6-2)33-19-8-15(21(31)32)7-18(20(19)24-14(3)30)23-9-16-10-27(26-25-16)11-22(4,12-28)13-29/h8,10,17-20,23,28-29H,5-7,9,11-13H2,1-4H3,(H,24,30)(H,31,32)/t18-,19+,20+/m0/s1. The highest BCUT2D eigenvalue weighted by molar-refractivity contribution is 5.87. The average molecular weight is 468 g/mol. The number of ether oxygens (including phenoxy) is 1. The van der Waals surface area contributed by atoms with Gasteiger partial charge in [0.15, 0.2) is 0 Å². The third kappa shape index (κ3) is 7.60. The summed E-state index contributed by atoms with van der Waals surface area (Å²) in [5.41, 5.74) is 0.119. The van der Waals surface area contributed by atoms with E-state index in [0.717, 1.165) is 12.8 Å². The van der Waals surface area contributed by atoms with Crippen LogP contribution in [0.3, 0.4) is 0 Å². The number of amides is 1. The van der Waals surface area contributed by atoms with Crippen molar-refractivity contribution in [2.75, 3.05) is 13.2 Å². The first-order valence-electron chi connectivity index (χ1n) is 11.3. The van der Waals surface area contributed by atoms with Crippen LogP contribution in [0.25, 0.3) is 0 Å². The zero-order valence-electron chi connectivity index (χ0n) is 19.8. The first-order chi connectivity index (χ1) is 15.6. The number of rotatable bonds is 13. The molecule has 5 N–H and O–H groups in total. The number of carboxylic acid groups (broad SMARTS) is 1. The lowest BCUT2D eigenvalue weighted by molar-refractivity contribution is -0.133. The quantitative estimate of drug-likeness (QED) is 0.273. The summed E-state index contributed by atoms with van der Waals surface area (Å²) in [6.07, 6.45) is 4.43. The van der Waals surface area contributed by atoms with Crippen LogP contribution in [0.2, 0.25) is 0 Å². The van der Waals surface area contributed by atoms with Crippen molar-refractivity contribution in [3.8, 4) is 0 Å². The molecule has 186 valence electrons. The Morgan fingerprint density at radius 2 is 1.97 bits per heavy atom. The van der Waals surface area contributed by atoms with Crippen LogP contribution in [0.1, 0.15) is 52.7 Å². The van der Waals surface area contributed by atoms with Crippen molar-refractivity contribution in [1.29, 1.82) is 0 Å². The second-order valence-electron chi connectivity index (χ2n) is 8.99. The third-order valence-electron chi connectivity index (χ3n) is 5.94. The van der Waals surface area contributed by atoms with Crippen molar-refractivity contribution in [3.63, 3.8) is 0 Å². The van der Waals surface area contributed by atoms with E-state index in [0.29, 0.717) is 18.8 Å². The SMILES string of the molecule is CCC(CC)O[C@@H]1C=C(C(=O)O)C[C@H](NCc2cn(CC(C)(CO)CO)nn2)[C@H]1NC(C)=O. The predicted molar refractivity (Wildman–Crippen MR) is 120 cm³/mol. The number of hydrogen-bond donors (Lipinski definition) is 5. The minimum Gasteiger partial charge on any atom is -0.478 e. The summed E-state index contributed by atoms with van der Waals surface area (Å²) in [6, 6.07) is -0.844. The summed E-state index contributed by atoms with van der Waals surface area (Å²) >= 11 is 0. The van der Waals surface area contributed by atoms with Gasteiger partial charge < -0.3 is 30.7 Å². The number of aliphatic hydroxyl groups is 2. The minimum atomic E-state index is -1.01. The van der Waals surface area contributed by atoms with Gasteiger partial charge in [-0.15, -0.1) is 5.10 Å². The molecule has 0 bridgehead atoms. The van der Waals surface area contributed by atoms with Gasteiger partial charge in [-0.25, -0.2) is 4.79 Å². The van der Waals surface area contributed by atoms with Crippen LogP contribution in [0.5, 0.6) is 0 Å². The molecule has 1 heterocycles. The fourth-order valence-electron chi connectivity index (χ4n) is 3.84. The molecule has 0 saturated carbocycles. The van der Waals surface area contributed by atoms with Crippen molar-refractivity contribution < 1.29 is 29.6 Å². The van der Waals surface area contributed by atoms with Crippen LogP contribution in [0.15, 0.2) is 17.8 Å². The Morgan fingerprint density at radius 3 is 2.52 bits per heavy atom. The van der Waals surface area contributed by atoms with E-state index in [-0.39, 0.29) is 37.2 Å². The summed E-state index contributed by atoms with van der Waals surface area (Å²) in [5.74, 6) is -1.24. The Kier molecular flexibility index (Phi) is 9.96. The van der Waals surface area contributed by atoms with Gasteiger partial charge in [0.25, 0.3) is 0 Å². The molecule has 33 heavy (non-hydrogen) atoms. The number of aliphatic hydroxyl groups excluding tert-OH is 2. The van der Waals surface area contributed by atoms with E-state index in [9.17, 15) is 24.9 Å². The maximum absolute atomic E-state index is 11.9. The van der Waals surface area contributed by atoms with E-state index in [1.54, 1.807) is 23.9 Å². The lowest BCUT2D eigenvalue weighted by Gasteiger charge is -2.38. The summed E-state index contributed by atoms with van der Waals surface area (Å²) in [4.78, 5) is 23.7. The molecular formula is C22H37N5O6. The largest absolute Gasteiger partial charge is 0.478 e. The van der Waals surface area contributed by atoms with Crippen molar-refractivity contribution in [3.05, 3.63) is 23.5 Å². The summed E-state index contributed by atoms with van der Waals surface area (Å²) in [7, 11) is 0. The summed E-state index contributed by atoms with van der Waals surface area (Å²) in [5, 5.41) is 43.0. The highest BCUT2D eigenvalue weighted by atomic mass is 16.5. The average Bonchev–Trinajstić information content (AvgIpc) is 3.23. The molecule has 0 fully saturated rings. The Morgan fingerprint density at radius 1 is 1.30 bits per heavy atom. The van der Waals surface area contributed by atoms with E-state index in [4.69, 9.17) is 4.74 Å². The van der Waals surface area contributed by atoms with Gasteiger partial charge in [-0.2, -0.15) is 0 Å². The third-order valence-corrected chi connectivity index (χ3v) is 5.94. The van der Waals surface area contributed by atoms with E-state index in [2.05, 4.69) is 20.9 Å². The van der Waals surface area contributed by atoms with Crippen LogP contribution >= 0.6 is 0 Å². The number of aliphatic carboxylic acids is 1. The van der Waals surface area contributed by atoms with E-state index >= 15 is 0 Å². The van der Waals surface area contributed by atoms with Gasteiger partial charge in [-0.1, -0.05) is 26.0 Å². The fraction of sp³-hybridized carbons (Fsp3) is 0.727. The molecule has 11 nitrogen and oxygen atoms in total. The zero-order chi connectivity index (χ0) is 24.6. The van der Waals surface area contributed by atoms with E-state index < -0.39 is 29.6 Å². The molecule has 1 aromatic rings. The molecular weight excluding hydrogens is 430 g/mol. The lowest BCUT2D eigenvalue weighted by Crippen LogP contribution is -2.58. The number of nitrogens with one attached hydrogen (secondary N) is 2. The Hall–Kier alpha value is -2.34. The minimum absolute atomic E-state index is 0.0523. The number of carbonyl (C=O) groups excluding carboxylic acids is 1. The van der Waals surface area contributed by atoms with Crippen LogP contribution in [0.4, 0.5) is 0 Å². The van der Waals surface area contributed by atoms with Gasteiger partial charge in [0.2, 0.25) is 5.91 Å². The van der Waals surface area contributed by atoms with Gasteiger partial charge >= 0.3 is 5.97 Å². The smallest absolute Gasteiger partial charge is 0.331 e. The molecule has 2 rings (SSSR count). The van der Waals surface area contributed by atoms with E-state index in [1.807, 2.05) is 13.8 Å². The van der Waals surface area contributed by atoms with Crippen molar-refractivity contribution >= 4 is 11.9 Å². The monoisotopic (exact) mass is 467 g/mol. The number of aromatic nitrogens is 3. The molecule has 0 spiro atoms. The molecule has 1 aliphatic rings. The van der Waals surface area contributed by atoms with E-state index in [1.165, 1.54) is 6.92 Å². The Balaban J connectivity index is 2.18. The molecule has 3 atom stereocenters. The lowest BCUT2D eigenvalue weighted by atomic mass is 9.87. The fourth-order valence-corrected chi connectivity index (χ4v) is 3.84. The van der Waals surface area contributed by atoms with Gasteiger partial charge in [0.05, 0.1) is 43.7 Å². The first kappa shape index (κ1) is 26.9. The molecule has 0 aromatic carbocycles. The number of carbonyl (C=O) groups is 2. The van der Waals surface area contributed by atoms with Crippen molar-refractivity contribution in [2.24, 2.45) is 5.41 Å². The number of hydrogen-bond acceptors (Lipinski definition) is 8. The maximum atomic E-state index is 11.9. The van der Waals surface area contributed by atoms with Gasteiger partial charge in [-0.3, -0.25) is 9.48 Å². The Labute approximate surface area is 194 Å². The number of carboxylic acids is 1. The van der Waals surface area contributed by atoms with Gasteiger partial charge in [0, 0.05) is 36.7 Å². The molecule has 0 saturated heterocycles. The summed E-state index contributed by atoms with van der Waals surface area (Å²) < 4.78 is 7.73. The normalized spacial score (nSPS) is 21.2. The van der Waals surface area contributed by atoms with Crippen LogP contribution in [-0.2, 0) is 27.4 Å². The molecule has 0 radical (unpaired) electrons. The second kappa shape index (κ2) is 12.2.